The van der Waals surface area contributed by atoms with Crippen molar-refractivity contribution in [2.24, 2.45) is 0 Å². The summed E-state index contributed by atoms with van der Waals surface area (Å²) in [6.45, 7) is 4.33. The lowest BCUT2D eigenvalue weighted by Crippen LogP contribution is -2.57. The van der Waals surface area contributed by atoms with Crippen molar-refractivity contribution in [2.45, 2.75) is 76.0 Å². The molecule has 2 fully saturated rings. The summed E-state index contributed by atoms with van der Waals surface area (Å²) in [5.74, 6) is 0.381. The maximum atomic E-state index is 13.8. The second-order valence-corrected chi connectivity index (χ2v) is 8.31. The van der Waals surface area contributed by atoms with Crippen molar-refractivity contribution in [3.8, 4) is 0 Å². The van der Waals surface area contributed by atoms with Gasteiger partial charge in [-0.05, 0) is 25.7 Å². The van der Waals surface area contributed by atoms with Crippen LogP contribution in [0, 0.1) is 0 Å². The minimum Gasteiger partial charge on any atom is -0.388 e. The number of anilines is 2. The van der Waals surface area contributed by atoms with Crippen LogP contribution in [0.5, 0.6) is 0 Å². The normalized spacial score (nSPS) is 26.9. The van der Waals surface area contributed by atoms with Gasteiger partial charge >= 0.3 is 6.18 Å². The van der Waals surface area contributed by atoms with Crippen LogP contribution in [-0.2, 0) is 11.3 Å². The van der Waals surface area contributed by atoms with Crippen molar-refractivity contribution < 1.29 is 23.0 Å². The highest BCUT2D eigenvalue weighted by atomic mass is 19.4. The van der Waals surface area contributed by atoms with Crippen LogP contribution in [0.2, 0.25) is 0 Å². The minimum absolute atomic E-state index is 0.00917. The van der Waals surface area contributed by atoms with E-state index < -0.39 is 17.8 Å². The summed E-state index contributed by atoms with van der Waals surface area (Å²) in [6, 6.07) is -0.288. The predicted molar refractivity (Wildman–Crippen MR) is 101 cm³/mol. The number of morpholine rings is 1. The Morgan fingerprint density at radius 1 is 1.31 bits per heavy atom. The largest absolute Gasteiger partial charge is 0.408 e. The molecule has 4 heterocycles. The van der Waals surface area contributed by atoms with E-state index in [1.165, 1.54) is 10.6 Å². The standard InChI is InChI=1S/C19H27F3N4O3/c1-3-18(28,4-2)11-26-14(19(20,21)22)5-6-24-16(27)8-15(23-17(24)26)25-9-13-7-12(25)10-29-13/h8,12-14,28H,3-7,9-11H2,1-2H3/t12-,13-,14-/m0/s1. The van der Waals surface area contributed by atoms with Crippen molar-refractivity contribution >= 4 is 11.8 Å². The second kappa shape index (κ2) is 7.16. The first kappa shape index (κ1) is 20.5. The van der Waals surface area contributed by atoms with Gasteiger partial charge in [0.15, 0.2) is 0 Å². The summed E-state index contributed by atoms with van der Waals surface area (Å²) in [4.78, 5) is 20.3. The first-order valence-corrected chi connectivity index (χ1v) is 10.2. The summed E-state index contributed by atoms with van der Waals surface area (Å²) >= 11 is 0. The fraction of sp³-hybridized carbons (Fsp3) is 0.789. The molecular weight excluding hydrogens is 389 g/mol. The van der Waals surface area contributed by atoms with E-state index in [0.29, 0.717) is 31.8 Å². The summed E-state index contributed by atoms with van der Waals surface area (Å²) in [5.41, 5.74) is -1.66. The van der Waals surface area contributed by atoms with Gasteiger partial charge in [-0.1, -0.05) is 13.8 Å². The number of hydrogen-bond acceptors (Lipinski definition) is 6. The SMILES string of the molecule is CCC(O)(CC)CN1c2nc(N3C[C@@H]4C[C@H]3CO4)cc(=O)n2CC[C@H]1C(F)(F)F. The van der Waals surface area contributed by atoms with Crippen LogP contribution in [-0.4, -0.2) is 64.3 Å². The van der Waals surface area contributed by atoms with E-state index in [1.807, 2.05) is 4.90 Å². The Hall–Kier alpha value is -1.81. The zero-order valence-electron chi connectivity index (χ0n) is 16.7. The van der Waals surface area contributed by atoms with Gasteiger partial charge in [0.05, 0.1) is 30.9 Å². The Morgan fingerprint density at radius 2 is 2.03 bits per heavy atom. The van der Waals surface area contributed by atoms with E-state index >= 15 is 0 Å². The molecule has 3 aliphatic heterocycles. The summed E-state index contributed by atoms with van der Waals surface area (Å²) < 4.78 is 48.4. The molecule has 0 aromatic carbocycles. The van der Waals surface area contributed by atoms with Crippen LogP contribution in [0.3, 0.4) is 0 Å². The quantitative estimate of drug-likeness (QED) is 0.791. The minimum atomic E-state index is -4.48. The van der Waals surface area contributed by atoms with Gasteiger partial charge in [0, 0.05) is 19.2 Å². The van der Waals surface area contributed by atoms with Crippen LogP contribution >= 0.6 is 0 Å². The molecule has 7 nitrogen and oxygen atoms in total. The highest BCUT2D eigenvalue weighted by Gasteiger charge is 2.49. The Bertz CT molecular complexity index is 824. The van der Waals surface area contributed by atoms with Gasteiger partial charge in [-0.3, -0.25) is 9.36 Å². The van der Waals surface area contributed by atoms with Gasteiger partial charge in [0.1, 0.15) is 11.9 Å². The zero-order valence-corrected chi connectivity index (χ0v) is 16.7. The number of hydrogen-bond donors (Lipinski definition) is 1. The fourth-order valence-electron chi connectivity index (χ4n) is 4.60. The van der Waals surface area contributed by atoms with Crippen molar-refractivity contribution in [2.75, 3.05) is 29.5 Å². The fourth-order valence-corrected chi connectivity index (χ4v) is 4.60. The monoisotopic (exact) mass is 416 g/mol. The summed E-state index contributed by atoms with van der Waals surface area (Å²) in [6.07, 6.45) is -3.21. The first-order chi connectivity index (χ1) is 13.6. The zero-order chi connectivity index (χ0) is 21.0. The third-order valence-electron chi connectivity index (χ3n) is 6.59. The molecule has 0 aliphatic carbocycles. The highest BCUT2D eigenvalue weighted by molar-refractivity contribution is 5.49. The highest BCUT2D eigenvalue weighted by Crippen LogP contribution is 2.37. The number of aliphatic hydroxyl groups is 1. The maximum Gasteiger partial charge on any atom is 0.408 e. The van der Waals surface area contributed by atoms with Gasteiger partial charge in [0.25, 0.3) is 5.56 Å². The van der Waals surface area contributed by atoms with E-state index in [2.05, 4.69) is 4.98 Å². The van der Waals surface area contributed by atoms with Crippen LogP contribution in [0.4, 0.5) is 24.9 Å². The topological polar surface area (TPSA) is 70.8 Å². The number of alkyl halides is 3. The van der Waals surface area contributed by atoms with Crippen LogP contribution in [0.15, 0.2) is 10.9 Å². The van der Waals surface area contributed by atoms with E-state index in [9.17, 15) is 23.1 Å². The molecule has 1 aromatic rings. The van der Waals surface area contributed by atoms with E-state index in [4.69, 9.17) is 4.74 Å². The Balaban J connectivity index is 1.77. The van der Waals surface area contributed by atoms with Crippen LogP contribution in [0.25, 0.3) is 0 Å². The number of rotatable bonds is 5. The number of β-amino-alcohol motifs (C(OH)–C–C–N with tert-alkyl or cyclic N) is 1. The van der Waals surface area contributed by atoms with Crippen molar-refractivity contribution in [1.82, 2.24) is 9.55 Å². The number of nitrogens with zero attached hydrogens (tertiary/aromatic N) is 4. The summed E-state index contributed by atoms with van der Waals surface area (Å²) in [5, 5.41) is 10.8. The molecule has 0 radical (unpaired) electrons. The molecule has 10 heteroatoms. The molecule has 3 atom stereocenters. The Kier molecular flexibility index (Phi) is 5.05. The molecule has 0 spiro atoms. The van der Waals surface area contributed by atoms with Gasteiger partial charge in [-0.15, -0.1) is 0 Å². The average molecular weight is 416 g/mol. The third-order valence-corrected chi connectivity index (χ3v) is 6.59. The number of ether oxygens (including phenoxy) is 1. The molecule has 1 aromatic heterocycles. The van der Waals surface area contributed by atoms with Gasteiger partial charge in [0.2, 0.25) is 5.95 Å². The number of halogens is 3. The lowest BCUT2D eigenvalue weighted by molar-refractivity contribution is -0.154. The molecule has 2 bridgehead atoms. The molecule has 0 amide bonds. The van der Waals surface area contributed by atoms with Gasteiger partial charge in [-0.2, -0.15) is 18.2 Å². The van der Waals surface area contributed by atoms with Crippen molar-refractivity contribution in [3.63, 3.8) is 0 Å². The maximum absolute atomic E-state index is 13.8. The molecule has 29 heavy (non-hydrogen) atoms. The molecule has 2 saturated heterocycles. The lowest BCUT2D eigenvalue weighted by atomic mass is 9.95. The molecular formula is C19H27F3N4O3. The van der Waals surface area contributed by atoms with Gasteiger partial charge < -0.3 is 19.6 Å². The summed E-state index contributed by atoms with van der Waals surface area (Å²) in [7, 11) is 0. The molecule has 162 valence electrons. The van der Waals surface area contributed by atoms with E-state index in [-0.39, 0.29) is 43.2 Å². The van der Waals surface area contributed by atoms with E-state index in [1.54, 1.807) is 13.8 Å². The molecule has 4 rings (SSSR count). The number of fused-ring (bicyclic) bond motifs is 3. The average Bonchev–Trinajstić information content (AvgIpc) is 3.31. The third kappa shape index (κ3) is 3.61. The van der Waals surface area contributed by atoms with Gasteiger partial charge in [-0.25, -0.2) is 0 Å². The van der Waals surface area contributed by atoms with E-state index in [0.717, 1.165) is 11.3 Å². The van der Waals surface area contributed by atoms with Crippen LogP contribution < -0.4 is 15.4 Å². The predicted octanol–water partition coefficient (Wildman–Crippen LogP) is 1.91. The lowest BCUT2D eigenvalue weighted by Gasteiger charge is -2.43. The molecule has 3 aliphatic rings. The van der Waals surface area contributed by atoms with Crippen molar-refractivity contribution in [1.29, 1.82) is 0 Å². The van der Waals surface area contributed by atoms with Crippen LogP contribution in [0.1, 0.15) is 39.5 Å². The Labute approximate surface area is 167 Å². The molecule has 0 unspecified atom stereocenters. The number of aromatic nitrogens is 2. The smallest absolute Gasteiger partial charge is 0.388 e. The Morgan fingerprint density at radius 3 is 2.59 bits per heavy atom. The van der Waals surface area contributed by atoms with Crippen molar-refractivity contribution in [3.05, 3.63) is 16.4 Å². The second-order valence-electron chi connectivity index (χ2n) is 8.31. The molecule has 1 N–H and O–H groups in total. The molecule has 0 saturated carbocycles. The first-order valence-electron chi connectivity index (χ1n) is 10.2.